The fourth-order valence-corrected chi connectivity index (χ4v) is 4.06. The maximum atomic E-state index is 6.40. The van der Waals surface area contributed by atoms with Crippen molar-refractivity contribution in [3.8, 4) is 5.75 Å². The molecule has 0 spiro atoms. The number of rotatable bonds is 6. The molecule has 0 saturated carbocycles. The second-order valence-corrected chi connectivity index (χ2v) is 7.50. The first-order valence-electron chi connectivity index (χ1n) is 9.80. The molecule has 0 fully saturated rings. The van der Waals surface area contributed by atoms with Crippen molar-refractivity contribution >= 4 is 0 Å². The number of ether oxygens (including phenoxy) is 1. The van der Waals surface area contributed by atoms with Crippen LogP contribution in [0.4, 0.5) is 0 Å². The third kappa shape index (κ3) is 3.91. The predicted octanol–water partition coefficient (Wildman–Crippen LogP) is 5.30. The minimum atomic E-state index is 0.0683. The van der Waals surface area contributed by atoms with Gasteiger partial charge >= 0.3 is 0 Å². The minimum Gasteiger partial charge on any atom is -0.484 e. The summed E-state index contributed by atoms with van der Waals surface area (Å²) >= 11 is 0. The molecule has 2 nitrogen and oxygen atoms in total. The highest BCUT2D eigenvalue weighted by Crippen LogP contribution is 2.35. The van der Waals surface area contributed by atoms with Gasteiger partial charge in [0.05, 0.1) is 6.04 Å². The Labute approximate surface area is 162 Å². The number of hydrogen-bond acceptors (Lipinski definition) is 2. The van der Waals surface area contributed by atoms with Crippen molar-refractivity contribution in [1.29, 1.82) is 0 Å². The van der Waals surface area contributed by atoms with Gasteiger partial charge < -0.3 is 10.1 Å². The molecule has 4 rings (SSSR count). The molecule has 1 aliphatic rings. The van der Waals surface area contributed by atoms with Crippen molar-refractivity contribution in [2.24, 2.45) is 0 Å². The summed E-state index contributed by atoms with van der Waals surface area (Å²) in [7, 11) is 2.02. The highest BCUT2D eigenvalue weighted by molar-refractivity contribution is 5.38. The van der Waals surface area contributed by atoms with Crippen LogP contribution in [-0.2, 0) is 12.8 Å². The van der Waals surface area contributed by atoms with Crippen molar-refractivity contribution < 1.29 is 4.74 Å². The van der Waals surface area contributed by atoms with Crippen molar-refractivity contribution in [3.63, 3.8) is 0 Å². The monoisotopic (exact) mass is 357 g/mol. The molecule has 3 aromatic carbocycles. The Morgan fingerprint density at radius 3 is 2.37 bits per heavy atom. The Bertz CT molecular complexity index is 872. The summed E-state index contributed by atoms with van der Waals surface area (Å²) < 4.78 is 6.40. The third-order valence-corrected chi connectivity index (χ3v) is 5.63. The zero-order chi connectivity index (χ0) is 18.6. The van der Waals surface area contributed by atoms with Gasteiger partial charge in [-0.25, -0.2) is 0 Å². The van der Waals surface area contributed by atoms with Gasteiger partial charge in [-0.2, -0.15) is 0 Å². The van der Waals surface area contributed by atoms with Gasteiger partial charge in [-0.15, -0.1) is 0 Å². The molecule has 1 unspecified atom stereocenters. The summed E-state index contributed by atoms with van der Waals surface area (Å²) in [6.45, 7) is 2.28. The second-order valence-electron chi connectivity index (χ2n) is 7.50. The maximum Gasteiger partial charge on any atom is 0.140 e. The van der Waals surface area contributed by atoms with Crippen LogP contribution in [0.3, 0.4) is 0 Å². The van der Waals surface area contributed by atoms with Gasteiger partial charge in [0.25, 0.3) is 0 Å². The maximum absolute atomic E-state index is 6.40. The Kier molecular flexibility index (Phi) is 5.26. The van der Waals surface area contributed by atoms with Crippen LogP contribution in [0.1, 0.15) is 41.2 Å². The molecule has 3 aromatic rings. The van der Waals surface area contributed by atoms with Crippen LogP contribution < -0.4 is 10.1 Å². The third-order valence-electron chi connectivity index (χ3n) is 5.63. The van der Waals surface area contributed by atoms with E-state index in [0.29, 0.717) is 12.0 Å². The molecular weight excluding hydrogens is 330 g/mol. The molecule has 0 radical (unpaired) electrons. The molecule has 0 heterocycles. The van der Waals surface area contributed by atoms with E-state index >= 15 is 0 Å². The van der Waals surface area contributed by atoms with Crippen molar-refractivity contribution in [2.75, 3.05) is 7.05 Å². The second kappa shape index (κ2) is 7.98. The van der Waals surface area contributed by atoms with E-state index in [9.17, 15) is 0 Å². The molecule has 0 amide bonds. The molecule has 0 aliphatic heterocycles. The van der Waals surface area contributed by atoms with Crippen LogP contribution in [0.2, 0.25) is 0 Å². The van der Waals surface area contributed by atoms with E-state index in [1.807, 2.05) is 7.05 Å². The lowest BCUT2D eigenvalue weighted by molar-refractivity contribution is 0.172. The van der Waals surface area contributed by atoms with Crippen LogP contribution in [0.25, 0.3) is 0 Å². The predicted molar refractivity (Wildman–Crippen MR) is 111 cm³/mol. The average Bonchev–Trinajstić information content (AvgIpc) is 3.07. The Morgan fingerprint density at radius 1 is 0.926 bits per heavy atom. The number of hydrogen-bond donors (Lipinski definition) is 1. The van der Waals surface area contributed by atoms with Gasteiger partial charge in [0.2, 0.25) is 0 Å². The first-order chi connectivity index (χ1) is 13.2. The number of benzene rings is 3. The molecular formula is C25H27NO. The quantitative estimate of drug-likeness (QED) is 0.646. The van der Waals surface area contributed by atoms with Gasteiger partial charge in [-0.3, -0.25) is 0 Å². The number of likely N-dealkylation sites (N-methyl/N-ethyl adjacent to an activating group) is 1. The topological polar surface area (TPSA) is 21.3 Å². The van der Waals surface area contributed by atoms with E-state index in [4.69, 9.17) is 4.74 Å². The van der Waals surface area contributed by atoms with E-state index in [-0.39, 0.29) is 6.10 Å². The van der Waals surface area contributed by atoms with E-state index in [1.165, 1.54) is 22.3 Å². The summed E-state index contributed by atoms with van der Waals surface area (Å²) in [6, 6.07) is 28.2. The van der Waals surface area contributed by atoms with Gasteiger partial charge in [0.15, 0.2) is 0 Å². The van der Waals surface area contributed by atoms with E-state index in [0.717, 1.165) is 18.6 Å². The average molecular weight is 357 g/mol. The first-order valence-corrected chi connectivity index (χ1v) is 9.80. The van der Waals surface area contributed by atoms with Crippen molar-refractivity contribution in [2.45, 2.75) is 37.8 Å². The van der Waals surface area contributed by atoms with Crippen LogP contribution in [-0.4, -0.2) is 13.1 Å². The summed E-state index contributed by atoms with van der Waals surface area (Å²) in [4.78, 5) is 0. The molecule has 0 aromatic heterocycles. The van der Waals surface area contributed by atoms with Gasteiger partial charge in [-0.1, -0.05) is 73.7 Å². The lowest BCUT2D eigenvalue weighted by Gasteiger charge is -2.22. The van der Waals surface area contributed by atoms with Gasteiger partial charge in [0, 0.05) is 0 Å². The first kappa shape index (κ1) is 17.8. The van der Waals surface area contributed by atoms with E-state index in [1.54, 1.807) is 0 Å². The Balaban J connectivity index is 1.46. The fourth-order valence-electron chi connectivity index (χ4n) is 4.06. The van der Waals surface area contributed by atoms with Crippen LogP contribution >= 0.6 is 0 Å². The van der Waals surface area contributed by atoms with Crippen LogP contribution in [0.15, 0.2) is 78.9 Å². The molecule has 3 atom stereocenters. The molecule has 0 bridgehead atoms. The molecule has 27 heavy (non-hydrogen) atoms. The van der Waals surface area contributed by atoms with Crippen LogP contribution in [0, 0.1) is 0 Å². The highest BCUT2D eigenvalue weighted by Gasteiger charge is 2.32. The van der Waals surface area contributed by atoms with E-state index in [2.05, 4.69) is 91.1 Å². The Hall–Kier alpha value is -2.58. The summed E-state index contributed by atoms with van der Waals surface area (Å²) in [5.41, 5.74) is 5.42. The Morgan fingerprint density at radius 2 is 1.63 bits per heavy atom. The largest absolute Gasteiger partial charge is 0.484 e. The lowest BCUT2D eigenvalue weighted by atomic mass is 9.94. The SMILES string of the molecule is CN[C@@H]1Cc2ccccc2[C@H]1Oc1ccc(C(C)Cc2ccccc2)cc1. The van der Waals surface area contributed by atoms with Crippen LogP contribution in [0.5, 0.6) is 5.75 Å². The van der Waals surface area contributed by atoms with Gasteiger partial charge in [-0.05, 0) is 60.2 Å². The standard InChI is InChI=1S/C25H27NO/c1-18(16-19-8-4-3-5-9-19)20-12-14-22(15-13-20)27-25-23-11-7-6-10-21(23)17-24(25)26-2/h3-15,18,24-26H,16-17H2,1-2H3/t18?,24-,25-/m1/s1. The highest BCUT2D eigenvalue weighted by atomic mass is 16.5. The fraction of sp³-hybridized carbons (Fsp3) is 0.280. The molecule has 1 aliphatic carbocycles. The van der Waals surface area contributed by atoms with Crippen molar-refractivity contribution in [3.05, 3.63) is 101 Å². The number of fused-ring (bicyclic) bond motifs is 1. The normalized spacial score (nSPS) is 19.5. The van der Waals surface area contributed by atoms with Crippen molar-refractivity contribution in [1.82, 2.24) is 5.32 Å². The lowest BCUT2D eigenvalue weighted by Crippen LogP contribution is -2.32. The molecule has 2 heteroatoms. The summed E-state index contributed by atoms with van der Waals surface area (Å²) in [6.07, 6.45) is 2.14. The summed E-state index contributed by atoms with van der Waals surface area (Å²) in [5.74, 6) is 1.42. The zero-order valence-electron chi connectivity index (χ0n) is 16.1. The zero-order valence-corrected chi connectivity index (χ0v) is 16.1. The number of nitrogens with one attached hydrogen (secondary N) is 1. The molecule has 138 valence electrons. The van der Waals surface area contributed by atoms with E-state index < -0.39 is 0 Å². The minimum absolute atomic E-state index is 0.0683. The van der Waals surface area contributed by atoms with Gasteiger partial charge in [0.1, 0.15) is 11.9 Å². The summed E-state index contributed by atoms with van der Waals surface area (Å²) in [5, 5.41) is 3.41. The molecule has 0 saturated heterocycles. The molecule has 1 N–H and O–H groups in total. The smallest absolute Gasteiger partial charge is 0.140 e.